The second kappa shape index (κ2) is 9.07. The minimum Gasteiger partial charge on any atom is -0.359 e. The maximum absolute atomic E-state index is 5.64. The van der Waals surface area contributed by atoms with Crippen LogP contribution in [-0.2, 0) is 0 Å². The minimum atomic E-state index is -2.28. The number of nitrogens with zero attached hydrogens (tertiary/aromatic N) is 2. The first-order valence-corrected chi connectivity index (χ1v) is 11.8. The molecule has 0 heterocycles. The Morgan fingerprint density at radius 2 is 0.867 bits per heavy atom. The molecule has 0 unspecified atom stereocenters. The summed E-state index contributed by atoms with van der Waals surface area (Å²) < 4.78 is 5.64. The number of rotatable bonds is 5. The van der Waals surface area contributed by atoms with Gasteiger partial charge >= 0.3 is 0 Å². The molecular weight excluding hydrogens is 383 g/mol. The van der Waals surface area contributed by atoms with Gasteiger partial charge in [-0.15, -0.1) is 0 Å². The van der Waals surface area contributed by atoms with E-state index in [-0.39, 0.29) is 0 Å². The highest BCUT2D eigenvalue weighted by atomic mass is 31.2. The van der Waals surface area contributed by atoms with Crippen LogP contribution >= 0.6 is 7.41 Å². The van der Waals surface area contributed by atoms with Crippen molar-refractivity contribution in [1.29, 1.82) is 0 Å². The van der Waals surface area contributed by atoms with Crippen LogP contribution in [0.2, 0.25) is 0 Å². The molecule has 0 radical (unpaired) electrons. The van der Waals surface area contributed by atoms with E-state index in [0.29, 0.717) is 0 Å². The topological polar surface area (TPSA) is 15.6 Å². The lowest BCUT2D eigenvalue weighted by Crippen LogP contribution is -2.33. The van der Waals surface area contributed by atoms with Crippen molar-refractivity contribution in [1.82, 2.24) is 4.90 Å². The maximum Gasteiger partial charge on any atom is 0.232 e. The maximum atomic E-state index is 5.64. The van der Waals surface area contributed by atoms with Gasteiger partial charge in [-0.25, -0.2) is 0 Å². The molecular formula is C27H26N2P+. The van der Waals surface area contributed by atoms with Crippen LogP contribution in [0.1, 0.15) is 5.56 Å². The highest BCUT2D eigenvalue weighted by Gasteiger charge is 2.47. The largest absolute Gasteiger partial charge is 0.359 e. The molecule has 2 nitrogen and oxygen atoms in total. The summed E-state index contributed by atoms with van der Waals surface area (Å²) in [5.74, 6) is 0.987. The minimum absolute atomic E-state index is 0.987. The predicted octanol–water partition coefficient (Wildman–Crippen LogP) is 4.90. The van der Waals surface area contributed by atoms with Crippen molar-refractivity contribution in [2.45, 2.75) is 0 Å². The summed E-state index contributed by atoms with van der Waals surface area (Å²) in [7, 11) is 1.86. The van der Waals surface area contributed by atoms with Crippen molar-refractivity contribution in [3.05, 3.63) is 127 Å². The van der Waals surface area contributed by atoms with Gasteiger partial charge in [0, 0.05) is 19.7 Å². The normalized spacial score (nSPS) is 11.9. The van der Waals surface area contributed by atoms with Crippen LogP contribution in [0.15, 0.2) is 126 Å². The zero-order valence-electron chi connectivity index (χ0n) is 17.4. The lowest BCUT2D eigenvalue weighted by atomic mass is 10.2. The molecule has 0 saturated carbocycles. The van der Waals surface area contributed by atoms with E-state index >= 15 is 0 Å². The Labute approximate surface area is 179 Å². The molecule has 0 aromatic heterocycles. The molecule has 30 heavy (non-hydrogen) atoms. The highest BCUT2D eigenvalue weighted by molar-refractivity contribution is 7.94. The van der Waals surface area contributed by atoms with Gasteiger partial charge < -0.3 is 4.90 Å². The summed E-state index contributed by atoms with van der Waals surface area (Å²) in [6.07, 6.45) is 0. The van der Waals surface area contributed by atoms with Crippen molar-refractivity contribution in [3.8, 4) is 0 Å². The molecule has 4 aromatic carbocycles. The molecule has 0 bridgehead atoms. The summed E-state index contributed by atoms with van der Waals surface area (Å²) in [6.45, 7) is 0. The van der Waals surface area contributed by atoms with E-state index in [1.807, 2.05) is 6.07 Å². The standard InChI is InChI=1S/C27H26N2P/c1-29(2)27(23-15-7-3-8-16-23)28-30(24-17-9-4-10-18-24,25-19-11-5-12-20-25)26-21-13-6-14-22-26/h3-22H,1-2H3/q+1/b28-27+. The number of hydrogen-bond donors (Lipinski definition) is 0. The van der Waals surface area contributed by atoms with Gasteiger partial charge in [0.15, 0.2) is 5.84 Å². The molecule has 0 atom stereocenters. The van der Waals surface area contributed by atoms with E-state index in [2.05, 4.69) is 134 Å². The lowest BCUT2D eigenvalue weighted by molar-refractivity contribution is 0.625. The third-order valence-electron chi connectivity index (χ3n) is 5.09. The first-order chi connectivity index (χ1) is 14.7. The summed E-state index contributed by atoms with van der Waals surface area (Å²) in [4.78, 5) is 2.12. The van der Waals surface area contributed by atoms with Gasteiger partial charge in [0.1, 0.15) is 15.9 Å². The Bertz CT molecular complexity index is 996. The first-order valence-electron chi connectivity index (χ1n) is 10.1. The second-order valence-corrected chi connectivity index (χ2v) is 10.3. The monoisotopic (exact) mass is 409 g/mol. The number of hydrogen-bond acceptors (Lipinski definition) is 1. The fraction of sp³-hybridized carbons (Fsp3) is 0.0741. The van der Waals surface area contributed by atoms with Crippen molar-refractivity contribution in [3.63, 3.8) is 0 Å². The summed E-state index contributed by atoms with van der Waals surface area (Å²) >= 11 is 0. The Hall–Kier alpha value is -3.22. The molecule has 148 valence electrons. The fourth-order valence-electron chi connectivity index (χ4n) is 3.69. The zero-order chi connectivity index (χ0) is 20.8. The molecule has 4 rings (SSSR count). The fourth-order valence-corrected chi connectivity index (χ4v) is 7.32. The Balaban J connectivity index is 2.10. The van der Waals surface area contributed by atoms with Crippen LogP contribution in [0.3, 0.4) is 0 Å². The van der Waals surface area contributed by atoms with Gasteiger partial charge in [0.05, 0.1) is 0 Å². The van der Waals surface area contributed by atoms with Crippen LogP contribution in [0.25, 0.3) is 0 Å². The van der Waals surface area contributed by atoms with E-state index in [4.69, 9.17) is 4.76 Å². The lowest BCUT2D eigenvalue weighted by Gasteiger charge is -2.25. The van der Waals surface area contributed by atoms with Gasteiger partial charge in [-0.2, -0.15) is 0 Å². The zero-order valence-corrected chi connectivity index (χ0v) is 18.3. The van der Waals surface area contributed by atoms with Gasteiger partial charge in [-0.05, 0) is 36.4 Å². The van der Waals surface area contributed by atoms with Crippen LogP contribution < -0.4 is 15.9 Å². The Morgan fingerprint density at radius 3 is 1.20 bits per heavy atom. The highest BCUT2D eigenvalue weighted by Crippen LogP contribution is 2.57. The molecule has 0 aliphatic heterocycles. The van der Waals surface area contributed by atoms with Crippen LogP contribution in [0.4, 0.5) is 0 Å². The molecule has 4 aromatic rings. The summed E-state index contributed by atoms with van der Waals surface area (Å²) in [5.41, 5.74) is 1.12. The molecule has 0 amide bonds. The van der Waals surface area contributed by atoms with Crippen LogP contribution in [0, 0.1) is 0 Å². The first kappa shape index (κ1) is 20.1. The molecule has 0 N–H and O–H groups in total. The molecule has 0 fully saturated rings. The van der Waals surface area contributed by atoms with Crippen LogP contribution in [-0.4, -0.2) is 24.8 Å². The van der Waals surface area contributed by atoms with E-state index in [9.17, 15) is 0 Å². The van der Waals surface area contributed by atoms with Gasteiger partial charge in [-0.1, -0.05) is 89.7 Å². The van der Waals surface area contributed by atoms with E-state index in [1.165, 1.54) is 15.9 Å². The predicted molar refractivity (Wildman–Crippen MR) is 132 cm³/mol. The second-order valence-electron chi connectivity index (χ2n) is 7.33. The number of amidine groups is 1. The van der Waals surface area contributed by atoms with Gasteiger partial charge in [-0.3, -0.25) is 0 Å². The Morgan fingerprint density at radius 1 is 0.533 bits per heavy atom. The van der Waals surface area contributed by atoms with Crippen molar-refractivity contribution < 1.29 is 0 Å². The molecule has 0 spiro atoms. The quantitative estimate of drug-likeness (QED) is 0.260. The average Bonchev–Trinajstić information content (AvgIpc) is 2.82. The Kier molecular flexibility index (Phi) is 6.07. The van der Waals surface area contributed by atoms with E-state index < -0.39 is 7.41 Å². The number of benzene rings is 4. The third-order valence-corrected chi connectivity index (χ3v) is 8.72. The molecule has 0 saturated heterocycles. The van der Waals surface area contributed by atoms with Crippen molar-refractivity contribution >= 4 is 29.2 Å². The molecule has 0 aliphatic rings. The van der Waals surface area contributed by atoms with E-state index in [0.717, 1.165) is 11.4 Å². The van der Waals surface area contributed by atoms with Gasteiger partial charge in [0.2, 0.25) is 7.41 Å². The van der Waals surface area contributed by atoms with Gasteiger partial charge in [0.25, 0.3) is 0 Å². The van der Waals surface area contributed by atoms with Crippen LogP contribution in [0.5, 0.6) is 0 Å². The summed E-state index contributed by atoms with van der Waals surface area (Å²) in [6, 6.07) is 42.7. The van der Waals surface area contributed by atoms with E-state index in [1.54, 1.807) is 0 Å². The average molecular weight is 409 g/mol. The SMILES string of the molecule is CN(C)/C(=N/[P+](c1ccccc1)(c1ccccc1)c1ccccc1)c1ccccc1. The smallest absolute Gasteiger partial charge is 0.232 e. The summed E-state index contributed by atoms with van der Waals surface area (Å²) in [5, 5.41) is 3.74. The molecule has 3 heteroatoms. The van der Waals surface area contributed by atoms with Crippen molar-refractivity contribution in [2.75, 3.05) is 14.1 Å². The molecule has 0 aliphatic carbocycles. The third kappa shape index (κ3) is 3.92. The van der Waals surface area contributed by atoms with Crippen molar-refractivity contribution in [2.24, 2.45) is 4.76 Å².